The van der Waals surface area contributed by atoms with Crippen molar-refractivity contribution in [1.29, 1.82) is 5.26 Å². The largest absolute Gasteiger partial charge is 0.301 e. The van der Waals surface area contributed by atoms with Gasteiger partial charge >= 0.3 is 0 Å². The molecule has 0 amide bonds. The summed E-state index contributed by atoms with van der Waals surface area (Å²) in [4.78, 5) is 2.49. The molecule has 0 bridgehead atoms. The molecule has 0 heterocycles. The van der Waals surface area contributed by atoms with Crippen LogP contribution in [0.4, 0.5) is 0 Å². The van der Waals surface area contributed by atoms with E-state index in [-0.39, 0.29) is 0 Å². The van der Waals surface area contributed by atoms with Gasteiger partial charge in [-0.25, -0.2) is 0 Å². The summed E-state index contributed by atoms with van der Waals surface area (Å²) in [5, 5.41) is 12.6. The molecule has 18 heavy (non-hydrogen) atoms. The molecular weight excluding hydrogens is 222 g/mol. The van der Waals surface area contributed by atoms with Crippen LogP contribution in [0.1, 0.15) is 54.4 Å². The fourth-order valence-electron chi connectivity index (χ4n) is 2.42. The molecule has 0 aliphatic heterocycles. The van der Waals surface area contributed by atoms with Gasteiger partial charge in [-0.1, -0.05) is 34.1 Å². The predicted octanol–water partition coefficient (Wildman–Crippen LogP) is 3.02. The highest BCUT2D eigenvalue weighted by Gasteiger charge is 2.27. The third-order valence-electron chi connectivity index (χ3n) is 3.79. The van der Waals surface area contributed by atoms with Gasteiger partial charge in [0.2, 0.25) is 0 Å². The van der Waals surface area contributed by atoms with Gasteiger partial charge in [0.25, 0.3) is 0 Å². The van der Waals surface area contributed by atoms with Crippen LogP contribution in [0.2, 0.25) is 0 Å². The lowest BCUT2D eigenvalue weighted by atomic mass is 9.93. The number of hydrogen-bond acceptors (Lipinski definition) is 3. The first-order valence-electron chi connectivity index (χ1n) is 7.32. The number of nitrogens with one attached hydrogen (secondary N) is 1. The molecule has 0 fully saturated rings. The van der Waals surface area contributed by atoms with E-state index in [9.17, 15) is 5.26 Å². The van der Waals surface area contributed by atoms with Crippen LogP contribution in [-0.4, -0.2) is 36.1 Å². The molecule has 0 saturated heterocycles. The van der Waals surface area contributed by atoms with Crippen LogP contribution >= 0.6 is 0 Å². The van der Waals surface area contributed by atoms with E-state index in [0.29, 0.717) is 6.04 Å². The maximum Gasteiger partial charge on any atom is 0.105 e. The normalized spacial score (nSPS) is 18.1. The van der Waals surface area contributed by atoms with Gasteiger partial charge in [-0.05, 0) is 39.3 Å². The Bertz CT molecular complexity index is 259. The highest BCUT2D eigenvalue weighted by atomic mass is 15.2. The summed E-state index contributed by atoms with van der Waals surface area (Å²) in [6, 6.07) is 2.86. The van der Waals surface area contributed by atoms with Gasteiger partial charge in [-0.15, -0.1) is 0 Å². The van der Waals surface area contributed by atoms with Crippen molar-refractivity contribution in [1.82, 2.24) is 10.2 Å². The van der Waals surface area contributed by atoms with Crippen molar-refractivity contribution >= 4 is 0 Å². The lowest BCUT2D eigenvalue weighted by Crippen LogP contribution is -2.47. The van der Waals surface area contributed by atoms with Crippen LogP contribution in [0.15, 0.2) is 0 Å². The van der Waals surface area contributed by atoms with Gasteiger partial charge < -0.3 is 4.90 Å². The van der Waals surface area contributed by atoms with Crippen molar-refractivity contribution in [2.45, 2.75) is 66.0 Å². The average Bonchev–Trinajstić information content (AvgIpc) is 2.35. The zero-order valence-corrected chi connectivity index (χ0v) is 13.1. The van der Waals surface area contributed by atoms with Crippen molar-refractivity contribution < 1.29 is 0 Å². The Morgan fingerprint density at radius 2 is 1.89 bits per heavy atom. The molecule has 106 valence electrons. The van der Waals surface area contributed by atoms with E-state index in [0.717, 1.165) is 32.0 Å². The summed E-state index contributed by atoms with van der Waals surface area (Å²) in [6.45, 7) is 16.1. The van der Waals surface area contributed by atoms with Crippen LogP contribution in [0.3, 0.4) is 0 Å². The van der Waals surface area contributed by atoms with Crippen LogP contribution in [-0.2, 0) is 0 Å². The second-order valence-corrected chi connectivity index (χ2v) is 5.63. The summed E-state index contributed by atoms with van der Waals surface area (Å²) < 4.78 is 0. The number of nitrogens with zero attached hydrogens (tertiary/aromatic N) is 2. The molecule has 3 unspecified atom stereocenters. The summed E-state index contributed by atoms with van der Waals surface area (Å²) in [6.07, 6.45) is 2.09. The predicted molar refractivity (Wildman–Crippen MR) is 78.5 cm³/mol. The Hall–Kier alpha value is -0.590. The topological polar surface area (TPSA) is 39.1 Å². The average molecular weight is 253 g/mol. The SMILES string of the molecule is CCNC(C)(C#N)CC(C)N(CC)CC(C)CC. The minimum Gasteiger partial charge on any atom is -0.301 e. The van der Waals surface area contributed by atoms with E-state index in [1.54, 1.807) is 0 Å². The van der Waals surface area contributed by atoms with E-state index < -0.39 is 5.54 Å². The molecule has 0 aromatic carbocycles. The number of rotatable bonds is 9. The Morgan fingerprint density at radius 3 is 2.28 bits per heavy atom. The van der Waals surface area contributed by atoms with Crippen LogP contribution in [0, 0.1) is 17.2 Å². The van der Waals surface area contributed by atoms with Gasteiger partial charge in [0, 0.05) is 12.6 Å². The molecule has 3 nitrogen and oxygen atoms in total. The minimum atomic E-state index is -0.406. The van der Waals surface area contributed by atoms with Gasteiger partial charge in [-0.3, -0.25) is 5.32 Å². The highest BCUT2D eigenvalue weighted by molar-refractivity contribution is 5.05. The smallest absolute Gasteiger partial charge is 0.105 e. The first-order valence-corrected chi connectivity index (χ1v) is 7.32. The molecule has 0 radical (unpaired) electrons. The monoisotopic (exact) mass is 253 g/mol. The van der Waals surface area contributed by atoms with E-state index in [4.69, 9.17) is 0 Å². The molecule has 0 spiro atoms. The van der Waals surface area contributed by atoms with E-state index in [1.165, 1.54) is 6.42 Å². The van der Waals surface area contributed by atoms with Crippen LogP contribution in [0.5, 0.6) is 0 Å². The van der Waals surface area contributed by atoms with Crippen LogP contribution < -0.4 is 5.32 Å². The lowest BCUT2D eigenvalue weighted by molar-refractivity contribution is 0.161. The first-order chi connectivity index (χ1) is 8.42. The maximum absolute atomic E-state index is 9.32. The molecule has 0 aliphatic rings. The zero-order valence-electron chi connectivity index (χ0n) is 13.1. The molecule has 0 aromatic heterocycles. The van der Waals surface area contributed by atoms with Gasteiger partial charge in [-0.2, -0.15) is 5.26 Å². The minimum absolute atomic E-state index is 0.406. The standard InChI is InChI=1S/C15H31N3/c1-7-13(4)11-18(9-3)14(5)10-15(6,12-16)17-8-2/h13-14,17H,7-11H2,1-6H3. The molecule has 0 saturated carbocycles. The van der Waals surface area contributed by atoms with E-state index >= 15 is 0 Å². The zero-order chi connectivity index (χ0) is 14.2. The Labute approximate surface area is 114 Å². The Kier molecular flexibility index (Phi) is 8.22. The molecule has 0 aromatic rings. The molecule has 1 N–H and O–H groups in total. The third-order valence-corrected chi connectivity index (χ3v) is 3.79. The molecule has 3 atom stereocenters. The van der Waals surface area contributed by atoms with Crippen molar-refractivity contribution in [2.75, 3.05) is 19.6 Å². The quantitative estimate of drug-likeness (QED) is 0.686. The van der Waals surface area contributed by atoms with Crippen molar-refractivity contribution in [3.8, 4) is 6.07 Å². The van der Waals surface area contributed by atoms with E-state index in [1.807, 2.05) is 6.92 Å². The lowest BCUT2D eigenvalue weighted by Gasteiger charge is -2.34. The Balaban J connectivity index is 4.51. The van der Waals surface area contributed by atoms with Gasteiger partial charge in [0.15, 0.2) is 0 Å². The summed E-state index contributed by atoms with van der Waals surface area (Å²) in [7, 11) is 0. The van der Waals surface area contributed by atoms with Crippen molar-refractivity contribution in [3.63, 3.8) is 0 Å². The summed E-state index contributed by atoms with van der Waals surface area (Å²) >= 11 is 0. The number of hydrogen-bond donors (Lipinski definition) is 1. The molecular formula is C15H31N3. The fraction of sp³-hybridized carbons (Fsp3) is 0.933. The van der Waals surface area contributed by atoms with Gasteiger partial charge in [0.1, 0.15) is 5.54 Å². The number of nitriles is 1. The molecule has 0 rings (SSSR count). The van der Waals surface area contributed by atoms with Crippen LogP contribution in [0.25, 0.3) is 0 Å². The first kappa shape index (κ1) is 17.4. The van der Waals surface area contributed by atoms with E-state index in [2.05, 4.69) is 50.9 Å². The van der Waals surface area contributed by atoms with Crippen molar-refractivity contribution in [2.24, 2.45) is 5.92 Å². The second-order valence-electron chi connectivity index (χ2n) is 5.63. The molecule has 0 aliphatic carbocycles. The highest BCUT2D eigenvalue weighted by Crippen LogP contribution is 2.17. The second kappa shape index (κ2) is 8.50. The third kappa shape index (κ3) is 5.84. The maximum atomic E-state index is 9.32. The summed E-state index contributed by atoms with van der Waals surface area (Å²) in [5.41, 5.74) is -0.406. The summed E-state index contributed by atoms with van der Waals surface area (Å²) in [5.74, 6) is 0.722. The molecule has 3 heteroatoms. The van der Waals surface area contributed by atoms with Gasteiger partial charge in [0.05, 0.1) is 6.07 Å². The fourth-order valence-corrected chi connectivity index (χ4v) is 2.42. The van der Waals surface area contributed by atoms with Crippen molar-refractivity contribution in [3.05, 3.63) is 0 Å². The Morgan fingerprint density at radius 1 is 1.28 bits per heavy atom.